The second-order valence-corrected chi connectivity index (χ2v) is 6.02. The second-order valence-electron chi connectivity index (χ2n) is 6.02. The Morgan fingerprint density at radius 1 is 1.38 bits per heavy atom. The van der Waals surface area contributed by atoms with Crippen molar-refractivity contribution in [2.24, 2.45) is 0 Å². The minimum Gasteiger partial charge on any atom is -0.357 e. The quantitative estimate of drug-likeness (QED) is 0.891. The molecule has 5 heteroatoms. The predicted octanol–water partition coefficient (Wildman–Crippen LogP) is 2.15. The zero-order valence-electron chi connectivity index (χ0n) is 12.7. The molecule has 1 aromatic rings. The van der Waals surface area contributed by atoms with E-state index in [1.807, 2.05) is 12.1 Å². The van der Waals surface area contributed by atoms with Gasteiger partial charge < -0.3 is 15.5 Å². The molecule has 2 saturated heterocycles. The second kappa shape index (κ2) is 6.02. The van der Waals surface area contributed by atoms with Crippen LogP contribution in [-0.2, 0) is 4.79 Å². The molecule has 3 rings (SSSR count). The van der Waals surface area contributed by atoms with E-state index in [1.165, 1.54) is 12.8 Å². The van der Waals surface area contributed by atoms with Crippen molar-refractivity contribution in [1.82, 2.24) is 10.3 Å². The topological polar surface area (TPSA) is 57.3 Å². The normalized spacial score (nSPS) is 25.3. The molecule has 5 nitrogen and oxygen atoms in total. The lowest BCUT2D eigenvalue weighted by molar-refractivity contribution is -0.122. The molecule has 21 heavy (non-hydrogen) atoms. The molecule has 0 bridgehead atoms. The zero-order valence-corrected chi connectivity index (χ0v) is 12.7. The van der Waals surface area contributed by atoms with Gasteiger partial charge in [0.2, 0.25) is 5.91 Å². The van der Waals surface area contributed by atoms with Gasteiger partial charge in [0.05, 0.1) is 17.4 Å². The summed E-state index contributed by atoms with van der Waals surface area (Å²) in [5.41, 5.74) is 0.387. The van der Waals surface area contributed by atoms with Crippen LogP contribution in [0.1, 0.15) is 39.0 Å². The minimum atomic E-state index is -0.395. The molecule has 1 amide bonds. The summed E-state index contributed by atoms with van der Waals surface area (Å²) < 4.78 is 0. The molecule has 2 aliphatic rings. The fourth-order valence-electron chi connectivity index (χ4n) is 3.31. The number of aromatic nitrogens is 1. The number of carbonyl (C=O) groups excluding carboxylic acids is 1. The summed E-state index contributed by atoms with van der Waals surface area (Å²) in [6, 6.07) is 3.96. The summed E-state index contributed by atoms with van der Waals surface area (Å²) in [7, 11) is 0. The molecule has 1 unspecified atom stereocenters. The smallest absolute Gasteiger partial charge is 0.244 e. The number of nitrogens with zero attached hydrogens (tertiary/aromatic N) is 2. The lowest BCUT2D eigenvalue weighted by Gasteiger charge is -2.26. The number of amides is 1. The highest BCUT2D eigenvalue weighted by atomic mass is 16.2. The van der Waals surface area contributed by atoms with Gasteiger partial charge in [-0.05, 0) is 50.8 Å². The third-order valence-corrected chi connectivity index (χ3v) is 4.72. The molecule has 2 N–H and O–H groups in total. The van der Waals surface area contributed by atoms with Crippen LogP contribution in [0, 0.1) is 0 Å². The van der Waals surface area contributed by atoms with Crippen molar-refractivity contribution in [2.75, 3.05) is 29.9 Å². The van der Waals surface area contributed by atoms with E-state index in [-0.39, 0.29) is 5.91 Å². The van der Waals surface area contributed by atoms with E-state index in [4.69, 9.17) is 0 Å². The summed E-state index contributed by atoms with van der Waals surface area (Å²) >= 11 is 0. The van der Waals surface area contributed by atoms with Gasteiger partial charge in [-0.1, -0.05) is 6.92 Å². The largest absolute Gasteiger partial charge is 0.357 e. The Bertz CT molecular complexity index is 488. The average molecular weight is 288 g/mol. The van der Waals surface area contributed by atoms with Crippen molar-refractivity contribution in [3.05, 3.63) is 18.3 Å². The fourth-order valence-corrected chi connectivity index (χ4v) is 3.31. The van der Waals surface area contributed by atoms with E-state index in [0.29, 0.717) is 0 Å². The van der Waals surface area contributed by atoms with E-state index in [1.54, 1.807) is 6.20 Å². The van der Waals surface area contributed by atoms with Crippen LogP contribution in [0.4, 0.5) is 11.5 Å². The summed E-state index contributed by atoms with van der Waals surface area (Å²) in [6.07, 6.45) is 7.04. The molecular weight excluding hydrogens is 264 g/mol. The maximum absolute atomic E-state index is 12.5. The monoisotopic (exact) mass is 288 g/mol. The number of nitrogens with one attached hydrogen (secondary N) is 2. The standard InChI is InChI=1S/C16H24N4O/c1-2-16(8-5-9-18-16)15(21)19-13-6-7-14(17-12-13)20-10-3-4-11-20/h6-7,12,18H,2-5,8-11H2,1H3,(H,19,21). The van der Waals surface area contributed by atoms with E-state index in [9.17, 15) is 4.79 Å². The van der Waals surface area contributed by atoms with Crippen LogP contribution in [0.25, 0.3) is 0 Å². The fraction of sp³-hybridized carbons (Fsp3) is 0.625. The van der Waals surface area contributed by atoms with Crippen molar-refractivity contribution in [2.45, 2.75) is 44.6 Å². The first-order valence-electron chi connectivity index (χ1n) is 8.01. The lowest BCUT2D eigenvalue weighted by Crippen LogP contribution is -2.50. The Morgan fingerprint density at radius 2 is 2.19 bits per heavy atom. The summed E-state index contributed by atoms with van der Waals surface area (Å²) in [4.78, 5) is 19.3. The van der Waals surface area contributed by atoms with Crippen LogP contribution in [0.5, 0.6) is 0 Å². The van der Waals surface area contributed by atoms with Crippen molar-refractivity contribution < 1.29 is 4.79 Å². The van der Waals surface area contributed by atoms with Gasteiger partial charge in [-0.2, -0.15) is 0 Å². The molecule has 0 saturated carbocycles. The number of pyridine rings is 1. The highest BCUT2D eigenvalue weighted by molar-refractivity contribution is 5.98. The molecule has 2 fully saturated rings. The van der Waals surface area contributed by atoms with Crippen molar-refractivity contribution in [3.63, 3.8) is 0 Å². The number of hydrogen-bond acceptors (Lipinski definition) is 4. The highest BCUT2D eigenvalue weighted by Crippen LogP contribution is 2.25. The van der Waals surface area contributed by atoms with Crippen LogP contribution in [0.3, 0.4) is 0 Å². The first-order chi connectivity index (χ1) is 10.2. The van der Waals surface area contributed by atoms with Gasteiger partial charge in [0.25, 0.3) is 0 Å². The van der Waals surface area contributed by atoms with Crippen LogP contribution < -0.4 is 15.5 Å². The van der Waals surface area contributed by atoms with E-state index in [0.717, 1.165) is 50.4 Å². The third-order valence-electron chi connectivity index (χ3n) is 4.72. The van der Waals surface area contributed by atoms with Gasteiger partial charge in [0, 0.05) is 13.1 Å². The maximum Gasteiger partial charge on any atom is 0.244 e. The van der Waals surface area contributed by atoms with Crippen LogP contribution in [0.15, 0.2) is 18.3 Å². The van der Waals surface area contributed by atoms with Gasteiger partial charge >= 0.3 is 0 Å². The molecule has 0 radical (unpaired) electrons. The van der Waals surface area contributed by atoms with Crippen molar-refractivity contribution in [3.8, 4) is 0 Å². The van der Waals surface area contributed by atoms with Gasteiger partial charge in [-0.15, -0.1) is 0 Å². The van der Waals surface area contributed by atoms with Gasteiger partial charge in [-0.25, -0.2) is 4.98 Å². The lowest BCUT2D eigenvalue weighted by atomic mass is 9.93. The number of anilines is 2. The molecule has 3 heterocycles. The van der Waals surface area contributed by atoms with E-state index in [2.05, 4.69) is 27.4 Å². The molecule has 1 aromatic heterocycles. The van der Waals surface area contributed by atoms with Gasteiger partial charge in [-0.3, -0.25) is 4.79 Å². The molecule has 1 atom stereocenters. The molecule has 2 aliphatic heterocycles. The molecule has 0 aliphatic carbocycles. The van der Waals surface area contributed by atoms with E-state index < -0.39 is 5.54 Å². The van der Waals surface area contributed by atoms with E-state index >= 15 is 0 Å². The maximum atomic E-state index is 12.5. The Hall–Kier alpha value is -1.62. The Morgan fingerprint density at radius 3 is 2.76 bits per heavy atom. The average Bonchev–Trinajstić information content (AvgIpc) is 3.20. The van der Waals surface area contributed by atoms with Crippen LogP contribution in [-0.4, -0.2) is 36.1 Å². The van der Waals surface area contributed by atoms with Crippen LogP contribution >= 0.6 is 0 Å². The minimum absolute atomic E-state index is 0.0678. The van der Waals surface area contributed by atoms with Gasteiger partial charge in [0.15, 0.2) is 0 Å². The van der Waals surface area contributed by atoms with Crippen molar-refractivity contribution >= 4 is 17.4 Å². The predicted molar refractivity (Wildman–Crippen MR) is 84.6 cm³/mol. The first kappa shape index (κ1) is 14.3. The SMILES string of the molecule is CCC1(C(=O)Nc2ccc(N3CCCC3)nc2)CCCN1. The number of rotatable bonds is 4. The summed E-state index contributed by atoms with van der Waals surface area (Å²) in [6.45, 7) is 5.16. The highest BCUT2D eigenvalue weighted by Gasteiger charge is 2.39. The number of carbonyl (C=O) groups is 1. The summed E-state index contributed by atoms with van der Waals surface area (Å²) in [5.74, 6) is 1.08. The molecule has 0 spiro atoms. The van der Waals surface area contributed by atoms with Crippen LogP contribution in [0.2, 0.25) is 0 Å². The third kappa shape index (κ3) is 2.88. The Kier molecular flexibility index (Phi) is 4.10. The molecular formula is C16H24N4O. The first-order valence-corrected chi connectivity index (χ1v) is 8.01. The Balaban J connectivity index is 1.66. The number of hydrogen-bond donors (Lipinski definition) is 2. The molecule has 0 aromatic carbocycles. The van der Waals surface area contributed by atoms with Gasteiger partial charge in [0.1, 0.15) is 5.82 Å². The molecule has 114 valence electrons. The van der Waals surface area contributed by atoms with Crippen molar-refractivity contribution in [1.29, 1.82) is 0 Å². The zero-order chi connectivity index (χ0) is 14.7. The summed E-state index contributed by atoms with van der Waals surface area (Å²) in [5, 5.41) is 6.37. The Labute approximate surface area is 126 Å².